The maximum Gasteiger partial charge on any atom is 0.337 e. The highest BCUT2D eigenvalue weighted by molar-refractivity contribution is 5.93. The van der Waals surface area contributed by atoms with Crippen LogP contribution in [0.3, 0.4) is 0 Å². The Morgan fingerprint density at radius 1 is 0.893 bits per heavy atom. The average molecular weight is 387 g/mol. The predicted octanol–water partition coefficient (Wildman–Crippen LogP) is 6.98. The van der Waals surface area contributed by atoms with Crippen LogP contribution >= 0.6 is 0 Å². The van der Waals surface area contributed by atoms with Crippen molar-refractivity contribution in [1.82, 2.24) is 9.97 Å². The van der Waals surface area contributed by atoms with Crippen molar-refractivity contribution in [3.05, 3.63) is 29.6 Å². The van der Waals surface area contributed by atoms with E-state index in [1.54, 1.807) is 6.07 Å². The molecule has 1 aromatic heterocycles. The minimum absolute atomic E-state index is 0.311. The standard InChI is InChI=1S/C24H38N2O2/c1-3-4-5-6-7-8-9-10-11-12-13-14-15-16-23-25-21-18-17-20(24(27)28-2)19-22(21)26-23/h17-19H,3-16H2,1-2H3,(H,25,26). The molecular weight excluding hydrogens is 348 g/mol. The zero-order valence-corrected chi connectivity index (χ0v) is 17.9. The number of unbranched alkanes of at least 4 members (excludes halogenated alkanes) is 12. The number of aromatic nitrogens is 2. The third-order valence-electron chi connectivity index (χ3n) is 5.47. The molecule has 0 aliphatic rings. The van der Waals surface area contributed by atoms with Gasteiger partial charge < -0.3 is 9.72 Å². The molecule has 0 spiro atoms. The van der Waals surface area contributed by atoms with Crippen LogP contribution < -0.4 is 0 Å². The number of benzene rings is 1. The van der Waals surface area contributed by atoms with E-state index in [0.29, 0.717) is 5.56 Å². The molecule has 2 aromatic rings. The Bertz CT molecular complexity index is 693. The largest absolute Gasteiger partial charge is 0.465 e. The van der Waals surface area contributed by atoms with Gasteiger partial charge in [-0.25, -0.2) is 9.78 Å². The van der Waals surface area contributed by atoms with E-state index in [4.69, 9.17) is 4.74 Å². The first-order valence-corrected chi connectivity index (χ1v) is 11.3. The number of nitrogens with one attached hydrogen (secondary N) is 1. The van der Waals surface area contributed by atoms with Crippen molar-refractivity contribution in [1.29, 1.82) is 0 Å². The number of ether oxygens (including phenoxy) is 1. The molecular formula is C24H38N2O2. The van der Waals surface area contributed by atoms with Crippen LogP contribution in [-0.2, 0) is 11.2 Å². The molecule has 156 valence electrons. The van der Waals surface area contributed by atoms with E-state index in [-0.39, 0.29) is 5.97 Å². The molecule has 0 amide bonds. The molecule has 4 heteroatoms. The Labute approximate surface area is 170 Å². The summed E-state index contributed by atoms with van der Waals surface area (Å²) in [6.07, 6.45) is 18.7. The number of hydrogen-bond donors (Lipinski definition) is 1. The predicted molar refractivity (Wildman–Crippen MR) is 117 cm³/mol. The lowest BCUT2D eigenvalue weighted by molar-refractivity contribution is 0.0601. The van der Waals surface area contributed by atoms with Crippen molar-refractivity contribution >= 4 is 17.0 Å². The smallest absolute Gasteiger partial charge is 0.337 e. The number of fused-ring (bicyclic) bond motifs is 1. The van der Waals surface area contributed by atoms with Crippen LogP contribution in [0.5, 0.6) is 0 Å². The normalized spacial score (nSPS) is 11.2. The van der Waals surface area contributed by atoms with E-state index in [0.717, 1.165) is 23.3 Å². The van der Waals surface area contributed by atoms with Crippen LogP contribution in [-0.4, -0.2) is 23.0 Å². The zero-order valence-electron chi connectivity index (χ0n) is 17.9. The first-order chi connectivity index (χ1) is 13.7. The Balaban J connectivity index is 1.52. The lowest BCUT2D eigenvalue weighted by atomic mass is 10.0. The van der Waals surface area contributed by atoms with E-state index < -0.39 is 0 Å². The summed E-state index contributed by atoms with van der Waals surface area (Å²) in [6.45, 7) is 2.28. The van der Waals surface area contributed by atoms with E-state index >= 15 is 0 Å². The van der Waals surface area contributed by atoms with E-state index in [9.17, 15) is 4.79 Å². The fraction of sp³-hybridized carbons (Fsp3) is 0.667. The van der Waals surface area contributed by atoms with Gasteiger partial charge in [0.25, 0.3) is 0 Å². The summed E-state index contributed by atoms with van der Waals surface area (Å²) in [5.74, 6) is 0.703. The van der Waals surface area contributed by atoms with Gasteiger partial charge in [-0.05, 0) is 24.6 Å². The van der Waals surface area contributed by atoms with Crippen LogP contribution in [0.15, 0.2) is 18.2 Å². The van der Waals surface area contributed by atoms with Gasteiger partial charge in [0.05, 0.1) is 23.7 Å². The monoisotopic (exact) mass is 386 g/mol. The fourth-order valence-corrected chi connectivity index (χ4v) is 3.74. The van der Waals surface area contributed by atoms with Gasteiger partial charge in [0.1, 0.15) is 5.82 Å². The summed E-state index contributed by atoms with van der Waals surface area (Å²) in [4.78, 5) is 19.6. The number of esters is 1. The molecule has 28 heavy (non-hydrogen) atoms. The van der Waals surface area contributed by atoms with E-state index in [2.05, 4.69) is 16.9 Å². The van der Waals surface area contributed by atoms with Crippen molar-refractivity contribution in [2.24, 2.45) is 0 Å². The molecule has 0 fully saturated rings. The Morgan fingerprint density at radius 3 is 2.04 bits per heavy atom. The van der Waals surface area contributed by atoms with Crippen molar-refractivity contribution in [2.75, 3.05) is 7.11 Å². The van der Waals surface area contributed by atoms with Crippen molar-refractivity contribution in [3.63, 3.8) is 0 Å². The second kappa shape index (κ2) is 13.4. The molecule has 4 nitrogen and oxygen atoms in total. The number of aryl methyl sites for hydroxylation is 1. The number of methoxy groups -OCH3 is 1. The quantitative estimate of drug-likeness (QED) is 0.265. The lowest BCUT2D eigenvalue weighted by Crippen LogP contribution is -2.00. The second-order valence-corrected chi connectivity index (χ2v) is 7.90. The molecule has 0 aliphatic heterocycles. The molecule has 0 unspecified atom stereocenters. The van der Waals surface area contributed by atoms with Gasteiger partial charge in [-0.1, -0.05) is 84.0 Å². The van der Waals surface area contributed by atoms with Crippen molar-refractivity contribution in [2.45, 2.75) is 96.8 Å². The summed E-state index contributed by atoms with van der Waals surface area (Å²) < 4.78 is 4.77. The number of imidazole rings is 1. The van der Waals surface area contributed by atoms with Gasteiger partial charge in [-0.2, -0.15) is 0 Å². The molecule has 0 bridgehead atoms. The first kappa shape index (κ1) is 22.4. The van der Waals surface area contributed by atoms with Crippen molar-refractivity contribution < 1.29 is 9.53 Å². The van der Waals surface area contributed by atoms with E-state index in [1.807, 2.05) is 12.1 Å². The van der Waals surface area contributed by atoms with Gasteiger partial charge in [0, 0.05) is 6.42 Å². The third kappa shape index (κ3) is 8.04. The average Bonchev–Trinajstić information content (AvgIpc) is 3.12. The highest BCUT2D eigenvalue weighted by Crippen LogP contribution is 2.17. The molecule has 0 saturated heterocycles. The number of carbonyl (C=O) groups is 1. The molecule has 2 rings (SSSR count). The minimum Gasteiger partial charge on any atom is -0.465 e. The number of carbonyl (C=O) groups excluding carboxylic acids is 1. The van der Waals surface area contributed by atoms with Crippen molar-refractivity contribution in [3.8, 4) is 0 Å². The Morgan fingerprint density at radius 2 is 1.46 bits per heavy atom. The number of nitrogens with zero attached hydrogens (tertiary/aromatic N) is 1. The van der Waals surface area contributed by atoms with Crippen LogP contribution in [0.4, 0.5) is 0 Å². The van der Waals surface area contributed by atoms with Crippen LogP contribution in [0.25, 0.3) is 11.0 Å². The zero-order chi connectivity index (χ0) is 20.0. The summed E-state index contributed by atoms with van der Waals surface area (Å²) in [7, 11) is 1.40. The van der Waals surface area contributed by atoms with Crippen LogP contribution in [0.2, 0.25) is 0 Å². The summed E-state index contributed by atoms with van der Waals surface area (Å²) in [5.41, 5.74) is 2.39. The maximum atomic E-state index is 11.6. The molecule has 0 saturated carbocycles. The Kier molecular flexibility index (Phi) is 10.7. The summed E-state index contributed by atoms with van der Waals surface area (Å²) in [5, 5.41) is 0. The van der Waals surface area contributed by atoms with Gasteiger partial charge in [0.15, 0.2) is 0 Å². The molecule has 0 atom stereocenters. The SMILES string of the molecule is CCCCCCCCCCCCCCCc1nc2ccc(C(=O)OC)cc2[nH]1. The molecule has 0 aliphatic carbocycles. The van der Waals surface area contributed by atoms with Gasteiger partial charge >= 0.3 is 5.97 Å². The number of aromatic amines is 1. The topological polar surface area (TPSA) is 55.0 Å². The summed E-state index contributed by atoms with van der Waals surface area (Å²) in [6, 6.07) is 5.47. The third-order valence-corrected chi connectivity index (χ3v) is 5.47. The van der Waals surface area contributed by atoms with Crippen LogP contribution in [0, 0.1) is 0 Å². The fourth-order valence-electron chi connectivity index (χ4n) is 3.74. The highest BCUT2D eigenvalue weighted by Gasteiger charge is 2.08. The van der Waals surface area contributed by atoms with Gasteiger partial charge in [-0.15, -0.1) is 0 Å². The molecule has 1 N–H and O–H groups in total. The van der Waals surface area contributed by atoms with E-state index in [1.165, 1.54) is 90.6 Å². The van der Waals surface area contributed by atoms with Gasteiger partial charge in [0.2, 0.25) is 0 Å². The molecule has 1 aromatic carbocycles. The Hall–Kier alpha value is -1.84. The number of rotatable bonds is 15. The number of H-pyrrole nitrogens is 1. The summed E-state index contributed by atoms with van der Waals surface area (Å²) >= 11 is 0. The molecule has 0 radical (unpaired) electrons. The molecule has 1 heterocycles. The van der Waals surface area contributed by atoms with Crippen LogP contribution in [0.1, 0.15) is 107 Å². The highest BCUT2D eigenvalue weighted by atomic mass is 16.5. The lowest BCUT2D eigenvalue weighted by Gasteiger charge is -2.02. The maximum absolute atomic E-state index is 11.6. The second-order valence-electron chi connectivity index (χ2n) is 7.90. The number of hydrogen-bond acceptors (Lipinski definition) is 3. The minimum atomic E-state index is -0.311. The van der Waals surface area contributed by atoms with Gasteiger partial charge in [-0.3, -0.25) is 0 Å². The first-order valence-electron chi connectivity index (χ1n) is 11.3.